The Balaban J connectivity index is 1.38. The summed E-state index contributed by atoms with van der Waals surface area (Å²) in [7, 11) is 1.56. The lowest BCUT2D eigenvalue weighted by Crippen LogP contribution is -2.43. The number of carbonyl (C=O) groups is 1. The number of amides is 1. The second-order valence-corrected chi connectivity index (χ2v) is 10.9. The van der Waals surface area contributed by atoms with Gasteiger partial charge in [-0.2, -0.15) is 0 Å². The van der Waals surface area contributed by atoms with E-state index in [1.165, 1.54) is 16.7 Å². The highest BCUT2D eigenvalue weighted by Gasteiger charge is 2.33. The average Bonchev–Trinajstić information content (AvgIpc) is 3.67. The normalized spacial score (nSPS) is 14.8. The van der Waals surface area contributed by atoms with Gasteiger partial charge < -0.3 is 15.0 Å². The Kier molecular flexibility index (Phi) is 7.66. The van der Waals surface area contributed by atoms with Gasteiger partial charge in [-0.05, 0) is 48.2 Å². The molecule has 1 fully saturated rings. The van der Waals surface area contributed by atoms with Crippen LogP contribution in [0.15, 0.2) is 77.6 Å². The van der Waals surface area contributed by atoms with Crippen molar-refractivity contribution in [1.82, 2.24) is 19.9 Å². The summed E-state index contributed by atoms with van der Waals surface area (Å²) in [6.07, 6.45) is 1.43. The second-order valence-electron chi connectivity index (χ2n) is 9.98. The molecular weight excluding hydrogens is 560 g/mol. The molecule has 1 N–H and O–H groups in total. The number of rotatable bonds is 8. The van der Waals surface area contributed by atoms with Crippen LogP contribution >= 0.6 is 11.3 Å². The Bertz CT molecular complexity index is 1810. The SMILES string of the molecule is COc1ccc(Cn2c(-c3cccc(F)c3F)nc3sc(N4CCC[C@@H]4C(=O)NCc4ccccc4)nc3c2=O)cc1. The molecule has 0 unspecified atom stereocenters. The zero-order chi connectivity index (χ0) is 29.2. The van der Waals surface area contributed by atoms with Crippen LogP contribution in [-0.4, -0.2) is 40.1 Å². The molecule has 11 heteroatoms. The first-order valence-corrected chi connectivity index (χ1v) is 14.3. The number of anilines is 1. The monoisotopic (exact) mass is 587 g/mol. The van der Waals surface area contributed by atoms with Gasteiger partial charge in [0.25, 0.3) is 5.56 Å². The van der Waals surface area contributed by atoms with Crippen LogP contribution in [-0.2, 0) is 17.9 Å². The van der Waals surface area contributed by atoms with Crippen LogP contribution in [0.3, 0.4) is 0 Å². The van der Waals surface area contributed by atoms with E-state index >= 15 is 4.39 Å². The lowest BCUT2D eigenvalue weighted by molar-refractivity contribution is -0.122. The number of aromatic nitrogens is 3. The van der Waals surface area contributed by atoms with E-state index in [9.17, 15) is 14.0 Å². The molecule has 2 aromatic heterocycles. The first-order valence-electron chi connectivity index (χ1n) is 13.5. The first kappa shape index (κ1) is 27.5. The van der Waals surface area contributed by atoms with Gasteiger partial charge >= 0.3 is 0 Å². The number of nitrogens with zero attached hydrogens (tertiary/aromatic N) is 4. The van der Waals surface area contributed by atoms with Crippen molar-refractivity contribution in [3.05, 3.63) is 106 Å². The van der Waals surface area contributed by atoms with Crippen molar-refractivity contribution >= 4 is 32.7 Å². The van der Waals surface area contributed by atoms with Crippen LogP contribution < -0.4 is 20.5 Å². The van der Waals surface area contributed by atoms with E-state index in [0.29, 0.717) is 30.4 Å². The molecule has 3 heterocycles. The zero-order valence-corrected chi connectivity index (χ0v) is 23.5. The third-order valence-electron chi connectivity index (χ3n) is 7.31. The molecule has 214 valence electrons. The lowest BCUT2D eigenvalue weighted by atomic mass is 10.1. The molecule has 1 aliphatic rings. The summed E-state index contributed by atoms with van der Waals surface area (Å²) in [4.78, 5) is 38.5. The molecule has 5 aromatic rings. The Labute approximate surface area is 244 Å². The number of halogens is 2. The number of methoxy groups -OCH3 is 1. The van der Waals surface area contributed by atoms with Gasteiger partial charge in [0.2, 0.25) is 5.91 Å². The summed E-state index contributed by atoms with van der Waals surface area (Å²) in [6.45, 7) is 1.05. The van der Waals surface area contributed by atoms with E-state index in [0.717, 1.165) is 35.0 Å². The Morgan fingerprint density at radius 3 is 2.57 bits per heavy atom. The summed E-state index contributed by atoms with van der Waals surface area (Å²) in [6, 6.07) is 20.1. The van der Waals surface area contributed by atoms with E-state index in [-0.39, 0.29) is 34.2 Å². The lowest BCUT2D eigenvalue weighted by Gasteiger charge is -2.23. The third-order valence-corrected chi connectivity index (χ3v) is 8.30. The summed E-state index contributed by atoms with van der Waals surface area (Å²) in [5, 5.41) is 3.49. The van der Waals surface area contributed by atoms with Crippen LogP contribution in [0.4, 0.5) is 13.9 Å². The highest BCUT2D eigenvalue weighted by Crippen LogP contribution is 2.33. The molecule has 1 aliphatic heterocycles. The molecule has 0 radical (unpaired) electrons. The maximum Gasteiger partial charge on any atom is 0.281 e. The molecule has 0 saturated carbocycles. The molecule has 3 aromatic carbocycles. The minimum absolute atomic E-state index is 0.00547. The largest absolute Gasteiger partial charge is 0.497 e. The predicted octanol–water partition coefficient (Wildman–Crippen LogP) is 5.14. The van der Waals surface area contributed by atoms with E-state index in [1.54, 1.807) is 31.4 Å². The van der Waals surface area contributed by atoms with Gasteiger partial charge in [0.1, 0.15) is 17.6 Å². The van der Waals surface area contributed by atoms with Gasteiger partial charge in [0, 0.05) is 13.1 Å². The molecule has 1 atom stereocenters. The van der Waals surface area contributed by atoms with Gasteiger partial charge in [-0.25, -0.2) is 18.7 Å². The standard InChI is InChI=1S/C31H27F2N5O3S/c1-41-21-14-12-20(13-15-21)18-38-27(22-9-5-10-23(32)25(22)33)36-29-26(30(38)40)35-31(42-29)37-16-6-11-24(37)28(39)34-17-19-7-3-2-4-8-19/h2-5,7-10,12-15,24H,6,11,16-18H2,1H3,(H,34,39)/t24-/m1/s1. The maximum atomic E-state index is 15.0. The van der Waals surface area contributed by atoms with Gasteiger partial charge in [0.15, 0.2) is 27.1 Å². The fraction of sp³-hybridized carbons (Fsp3) is 0.226. The van der Waals surface area contributed by atoms with Crippen molar-refractivity contribution in [2.45, 2.75) is 32.0 Å². The van der Waals surface area contributed by atoms with Crippen molar-refractivity contribution in [3.8, 4) is 17.1 Å². The van der Waals surface area contributed by atoms with Crippen LogP contribution in [0, 0.1) is 11.6 Å². The first-order chi connectivity index (χ1) is 20.4. The number of hydrogen-bond donors (Lipinski definition) is 1. The summed E-state index contributed by atoms with van der Waals surface area (Å²) in [5.74, 6) is -1.61. The van der Waals surface area contributed by atoms with Crippen LogP contribution in [0.2, 0.25) is 0 Å². The molecule has 0 spiro atoms. The number of benzene rings is 3. The predicted molar refractivity (Wildman–Crippen MR) is 158 cm³/mol. The number of thiazole rings is 1. The number of hydrogen-bond acceptors (Lipinski definition) is 7. The second kappa shape index (κ2) is 11.7. The van der Waals surface area contributed by atoms with E-state index < -0.39 is 23.2 Å². The summed E-state index contributed by atoms with van der Waals surface area (Å²) in [5.41, 5.74) is 1.23. The molecule has 42 heavy (non-hydrogen) atoms. The molecule has 8 nitrogen and oxygen atoms in total. The zero-order valence-electron chi connectivity index (χ0n) is 22.7. The number of fused-ring (bicyclic) bond motifs is 1. The van der Waals surface area contributed by atoms with E-state index in [2.05, 4.69) is 15.3 Å². The van der Waals surface area contributed by atoms with Gasteiger partial charge in [-0.1, -0.05) is 59.9 Å². The molecule has 0 bridgehead atoms. The summed E-state index contributed by atoms with van der Waals surface area (Å²) < 4.78 is 35.8. The van der Waals surface area contributed by atoms with E-state index in [1.807, 2.05) is 35.2 Å². The summed E-state index contributed by atoms with van der Waals surface area (Å²) >= 11 is 1.16. The molecular formula is C31H27F2N5O3S. The average molecular weight is 588 g/mol. The van der Waals surface area contributed by atoms with Gasteiger partial charge in [-0.15, -0.1) is 0 Å². The topological polar surface area (TPSA) is 89.3 Å². The van der Waals surface area contributed by atoms with Crippen molar-refractivity contribution in [3.63, 3.8) is 0 Å². The van der Waals surface area contributed by atoms with Crippen molar-refractivity contribution in [2.24, 2.45) is 0 Å². The van der Waals surface area contributed by atoms with Crippen molar-refractivity contribution in [1.29, 1.82) is 0 Å². The van der Waals surface area contributed by atoms with E-state index in [4.69, 9.17) is 4.74 Å². The highest BCUT2D eigenvalue weighted by atomic mass is 32.1. The number of carbonyl (C=O) groups excluding carboxylic acids is 1. The Hall–Kier alpha value is -4.64. The Morgan fingerprint density at radius 1 is 1.02 bits per heavy atom. The highest BCUT2D eigenvalue weighted by molar-refractivity contribution is 7.21. The van der Waals surface area contributed by atoms with Crippen LogP contribution in [0.25, 0.3) is 21.7 Å². The molecule has 0 aliphatic carbocycles. The fourth-order valence-corrected chi connectivity index (χ4v) is 6.14. The minimum atomic E-state index is -1.09. The van der Waals surface area contributed by atoms with Crippen LogP contribution in [0.1, 0.15) is 24.0 Å². The minimum Gasteiger partial charge on any atom is -0.497 e. The molecule has 1 saturated heterocycles. The molecule has 1 amide bonds. The molecule has 6 rings (SSSR count). The smallest absolute Gasteiger partial charge is 0.281 e. The van der Waals surface area contributed by atoms with Crippen molar-refractivity contribution in [2.75, 3.05) is 18.6 Å². The van der Waals surface area contributed by atoms with Gasteiger partial charge in [0.05, 0.1) is 19.2 Å². The quantitative estimate of drug-likeness (QED) is 0.271. The maximum absolute atomic E-state index is 15.0. The fourth-order valence-electron chi connectivity index (χ4n) is 5.13. The number of nitrogens with one attached hydrogen (secondary N) is 1. The number of ether oxygens (including phenoxy) is 1. The van der Waals surface area contributed by atoms with Crippen LogP contribution in [0.5, 0.6) is 5.75 Å². The Morgan fingerprint density at radius 2 is 1.81 bits per heavy atom. The van der Waals surface area contributed by atoms with Crippen molar-refractivity contribution < 1.29 is 18.3 Å². The van der Waals surface area contributed by atoms with Gasteiger partial charge in [-0.3, -0.25) is 14.2 Å². The third kappa shape index (κ3) is 5.35.